The van der Waals surface area contributed by atoms with Gasteiger partial charge in [0.05, 0.1) is 12.8 Å². The maximum Gasteiger partial charge on any atom is 0.233 e. The number of halogens is 2. The van der Waals surface area contributed by atoms with Gasteiger partial charge < -0.3 is 15.4 Å². The maximum absolute atomic E-state index is 11.9. The van der Waals surface area contributed by atoms with E-state index in [1.807, 2.05) is 18.2 Å². The Bertz CT molecular complexity index is 753. The van der Waals surface area contributed by atoms with E-state index in [-0.39, 0.29) is 16.7 Å². The molecule has 6 nitrogen and oxygen atoms in total. The molecule has 0 aliphatic carbocycles. The zero-order valence-corrected chi connectivity index (χ0v) is 14.3. The number of nitrogens with one attached hydrogen (secondary N) is 2. The third-order valence-electron chi connectivity index (χ3n) is 3.03. The number of carbonyl (C=O) groups is 2. The highest BCUT2D eigenvalue weighted by atomic mass is 35.5. The van der Waals surface area contributed by atoms with Crippen LogP contribution < -0.4 is 15.4 Å². The standard InChI is InChI=1S/C16H15Cl2N3O3/c1-24-11-4-2-3-10(7-11)9-19-14(22)8-15(23)20-12-5-6-13(17)21-16(12)18/h2-7H,8-9H2,1H3,(H,19,22)(H,20,23). The van der Waals surface area contributed by atoms with Gasteiger partial charge in [0.1, 0.15) is 17.3 Å². The summed E-state index contributed by atoms with van der Waals surface area (Å²) in [5, 5.41) is 5.46. The van der Waals surface area contributed by atoms with E-state index in [0.29, 0.717) is 18.0 Å². The summed E-state index contributed by atoms with van der Waals surface area (Å²) in [5.74, 6) is -0.207. The van der Waals surface area contributed by atoms with Crippen molar-refractivity contribution < 1.29 is 14.3 Å². The average molecular weight is 368 g/mol. The van der Waals surface area contributed by atoms with Crippen molar-refractivity contribution in [2.75, 3.05) is 12.4 Å². The maximum atomic E-state index is 11.9. The topological polar surface area (TPSA) is 80.3 Å². The first-order valence-corrected chi connectivity index (χ1v) is 7.75. The van der Waals surface area contributed by atoms with E-state index in [2.05, 4.69) is 15.6 Å². The second kappa shape index (κ2) is 8.52. The van der Waals surface area contributed by atoms with E-state index in [1.54, 1.807) is 13.2 Å². The molecular weight excluding hydrogens is 353 g/mol. The molecule has 0 unspecified atom stereocenters. The van der Waals surface area contributed by atoms with Crippen molar-refractivity contribution in [3.05, 3.63) is 52.3 Å². The smallest absolute Gasteiger partial charge is 0.233 e. The van der Waals surface area contributed by atoms with Crippen molar-refractivity contribution in [2.45, 2.75) is 13.0 Å². The molecule has 0 bridgehead atoms. The van der Waals surface area contributed by atoms with Crippen LogP contribution in [0.3, 0.4) is 0 Å². The molecule has 0 saturated carbocycles. The van der Waals surface area contributed by atoms with Crippen LogP contribution >= 0.6 is 23.2 Å². The summed E-state index contributed by atoms with van der Waals surface area (Å²) in [6.07, 6.45) is -0.330. The van der Waals surface area contributed by atoms with Crippen LogP contribution in [0.25, 0.3) is 0 Å². The largest absolute Gasteiger partial charge is 0.497 e. The van der Waals surface area contributed by atoms with Gasteiger partial charge in [0.25, 0.3) is 0 Å². The first kappa shape index (κ1) is 18.0. The lowest BCUT2D eigenvalue weighted by atomic mass is 10.2. The number of nitrogens with zero attached hydrogens (tertiary/aromatic N) is 1. The molecular formula is C16H15Cl2N3O3. The van der Waals surface area contributed by atoms with Crippen molar-refractivity contribution in [2.24, 2.45) is 0 Å². The van der Waals surface area contributed by atoms with Crippen LogP contribution in [0.4, 0.5) is 5.69 Å². The van der Waals surface area contributed by atoms with Crippen molar-refractivity contribution in [3.63, 3.8) is 0 Å². The Balaban J connectivity index is 1.84. The quantitative estimate of drug-likeness (QED) is 0.607. The second-order valence-corrected chi connectivity index (χ2v) is 5.57. The van der Waals surface area contributed by atoms with Crippen molar-refractivity contribution >= 4 is 40.7 Å². The summed E-state index contributed by atoms with van der Waals surface area (Å²) in [4.78, 5) is 27.5. The second-order valence-electron chi connectivity index (χ2n) is 4.83. The number of benzene rings is 1. The first-order chi connectivity index (χ1) is 11.5. The summed E-state index contributed by atoms with van der Waals surface area (Å²) in [7, 11) is 1.57. The van der Waals surface area contributed by atoms with Crippen LogP contribution in [0.1, 0.15) is 12.0 Å². The molecule has 2 N–H and O–H groups in total. The summed E-state index contributed by atoms with van der Waals surface area (Å²) in [6, 6.07) is 10.3. The average Bonchev–Trinajstić information content (AvgIpc) is 2.56. The fourth-order valence-corrected chi connectivity index (χ4v) is 2.28. The molecule has 1 aromatic heterocycles. The molecule has 8 heteroatoms. The van der Waals surface area contributed by atoms with E-state index in [4.69, 9.17) is 27.9 Å². The van der Waals surface area contributed by atoms with Gasteiger partial charge in [-0.3, -0.25) is 9.59 Å². The molecule has 2 amide bonds. The highest BCUT2D eigenvalue weighted by Crippen LogP contribution is 2.21. The van der Waals surface area contributed by atoms with Gasteiger partial charge in [-0.15, -0.1) is 0 Å². The van der Waals surface area contributed by atoms with Crippen LogP contribution in [0, 0.1) is 0 Å². The molecule has 2 aromatic rings. The van der Waals surface area contributed by atoms with E-state index in [9.17, 15) is 9.59 Å². The van der Waals surface area contributed by atoms with Crippen LogP contribution in [0.2, 0.25) is 10.3 Å². The zero-order chi connectivity index (χ0) is 17.5. The number of aromatic nitrogens is 1. The van der Waals surface area contributed by atoms with Gasteiger partial charge in [0, 0.05) is 6.54 Å². The third kappa shape index (κ3) is 5.40. The van der Waals surface area contributed by atoms with Crippen LogP contribution in [0.15, 0.2) is 36.4 Å². The van der Waals surface area contributed by atoms with Gasteiger partial charge in [0.15, 0.2) is 5.15 Å². The monoisotopic (exact) mass is 367 g/mol. The molecule has 0 saturated heterocycles. The Morgan fingerprint density at radius 2 is 1.96 bits per heavy atom. The summed E-state index contributed by atoms with van der Waals surface area (Å²) in [5.41, 5.74) is 1.17. The number of carbonyl (C=O) groups excluding carboxylic acids is 2. The molecule has 0 spiro atoms. The molecule has 0 radical (unpaired) electrons. The van der Waals surface area contributed by atoms with E-state index in [1.165, 1.54) is 12.1 Å². The molecule has 0 fully saturated rings. The number of hydrogen-bond donors (Lipinski definition) is 2. The summed E-state index contributed by atoms with van der Waals surface area (Å²) < 4.78 is 5.11. The molecule has 2 rings (SSSR count). The van der Waals surface area contributed by atoms with Crippen molar-refractivity contribution in [3.8, 4) is 5.75 Å². The van der Waals surface area contributed by atoms with Crippen molar-refractivity contribution in [1.82, 2.24) is 10.3 Å². The SMILES string of the molecule is COc1cccc(CNC(=O)CC(=O)Nc2ccc(Cl)nc2Cl)c1. The lowest BCUT2D eigenvalue weighted by Crippen LogP contribution is -2.27. The van der Waals surface area contributed by atoms with Gasteiger partial charge in [-0.05, 0) is 29.8 Å². The Kier molecular flexibility index (Phi) is 6.40. The lowest BCUT2D eigenvalue weighted by molar-refractivity contribution is -0.126. The number of rotatable bonds is 6. The normalized spacial score (nSPS) is 10.1. The fourth-order valence-electron chi connectivity index (χ4n) is 1.89. The Hall–Kier alpha value is -2.31. The molecule has 24 heavy (non-hydrogen) atoms. The van der Waals surface area contributed by atoms with Gasteiger partial charge in [-0.25, -0.2) is 4.98 Å². The molecule has 1 aromatic carbocycles. The number of anilines is 1. The Labute approximate surface area is 149 Å². The minimum absolute atomic E-state index is 0.0626. The van der Waals surface area contributed by atoms with Crippen LogP contribution in [-0.2, 0) is 16.1 Å². The highest BCUT2D eigenvalue weighted by Gasteiger charge is 2.12. The number of ether oxygens (including phenoxy) is 1. The molecule has 126 valence electrons. The number of pyridine rings is 1. The number of amides is 2. The van der Waals surface area contributed by atoms with Gasteiger partial charge in [-0.1, -0.05) is 35.3 Å². The highest BCUT2D eigenvalue weighted by molar-refractivity contribution is 6.34. The van der Waals surface area contributed by atoms with E-state index in [0.717, 1.165) is 5.56 Å². The summed E-state index contributed by atoms with van der Waals surface area (Å²) >= 11 is 11.5. The van der Waals surface area contributed by atoms with Crippen LogP contribution in [0.5, 0.6) is 5.75 Å². The Morgan fingerprint density at radius 3 is 2.67 bits per heavy atom. The van der Waals surface area contributed by atoms with Gasteiger partial charge in [0.2, 0.25) is 11.8 Å². The molecule has 0 aliphatic heterocycles. The first-order valence-electron chi connectivity index (χ1n) is 6.99. The molecule has 1 heterocycles. The Morgan fingerprint density at radius 1 is 1.17 bits per heavy atom. The van der Waals surface area contributed by atoms with Crippen molar-refractivity contribution in [1.29, 1.82) is 0 Å². The fraction of sp³-hybridized carbons (Fsp3) is 0.188. The molecule has 0 atom stereocenters. The minimum Gasteiger partial charge on any atom is -0.497 e. The third-order valence-corrected chi connectivity index (χ3v) is 3.53. The van der Waals surface area contributed by atoms with E-state index >= 15 is 0 Å². The zero-order valence-electron chi connectivity index (χ0n) is 12.8. The molecule has 0 aliphatic rings. The predicted octanol–water partition coefficient (Wildman–Crippen LogP) is 3.04. The lowest BCUT2D eigenvalue weighted by Gasteiger charge is -2.08. The summed E-state index contributed by atoms with van der Waals surface area (Å²) in [6.45, 7) is 0.298. The minimum atomic E-state index is -0.496. The number of methoxy groups -OCH3 is 1. The van der Waals surface area contributed by atoms with Crippen LogP contribution in [-0.4, -0.2) is 23.9 Å². The van der Waals surface area contributed by atoms with Gasteiger partial charge in [-0.2, -0.15) is 0 Å². The number of hydrogen-bond acceptors (Lipinski definition) is 4. The van der Waals surface area contributed by atoms with E-state index < -0.39 is 11.8 Å². The predicted molar refractivity (Wildman–Crippen MR) is 92.3 cm³/mol. The van der Waals surface area contributed by atoms with Gasteiger partial charge >= 0.3 is 0 Å².